The maximum Gasteiger partial charge on any atom is 0.139 e. The lowest BCUT2D eigenvalue weighted by Crippen LogP contribution is -2.27. The summed E-state index contributed by atoms with van der Waals surface area (Å²) in [7, 11) is 0. The lowest BCUT2D eigenvalue weighted by Gasteiger charge is -2.26. The Morgan fingerprint density at radius 2 is 1.94 bits per heavy atom. The second-order valence-electron chi connectivity index (χ2n) is 5.23. The molecule has 1 aromatic heterocycles. The van der Waals surface area contributed by atoms with Crippen LogP contribution in [0.1, 0.15) is 37.4 Å². The van der Waals surface area contributed by atoms with Crippen LogP contribution in [0.2, 0.25) is 0 Å². The first-order valence-electron chi connectivity index (χ1n) is 6.65. The fourth-order valence-electron chi connectivity index (χ4n) is 2.89. The molecule has 0 unspecified atom stereocenters. The third kappa shape index (κ3) is 1.65. The number of nitrogens with zero attached hydrogens (tertiary/aromatic N) is 3. The van der Waals surface area contributed by atoms with E-state index in [1.165, 1.54) is 23.3 Å². The molecule has 0 bridgehead atoms. The molecule has 1 aliphatic carbocycles. The fourth-order valence-corrected chi connectivity index (χ4v) is 2.89. The van der Waals surface area contributed by atoms with E-state index in [4.69, 9.17) is 0 Å². The molecule has 94 valence electrons. The number of anilines is 1. The highest BCUT2D eigenvalue weighted by Gasteiger charge is 2.32. The normalized spacial score (nSPS) is 22.6. The summed E-state index contributed by atoms with van der Waals surface area (Å²) in [6.45, 7) is 6.44. The zero-order chi connectivity index (χ0) is 12.7. The smallest absolute Gasteiger partial charge is 0.139 e. The average Bonchev–Trinajstić information content (AvgIpc) is 2.69. The standard InChI is InChI=1S/C15H19N3/c1-10-8-13-6-4-5-7-14(13)18(10)15-11(2)12(3)16-9-17-15/h6-7,9-10H,4-5,8H2,1-3H3/t10-/m1/s1. The second kappa shape index (κ2) is 4.23. The third-order valence-corrected chi connectivity index (χ3v) is 3.98. The zero-order valence-corrected chi connectivity index (χ0v) is 11.3. The van der Waals surface area contributed by atoms with E-state index in [9.17, 15) is 0 Å². The predicted molar refractivity (Wildman–Crippen MR) is 73.5 cm³/mol. The molecule has 0 saturated carbocycles. The quantitative estimate of drug-likeness (QED) is 0.755. The minimum atomic E-state index is 0.494. The monoisotopic (exact) mass is 241 g/mol. The molecule has 3 nitrogen and oxygen atoms in total. The highest BCUT2D eigenvalue weighted by Crippen LogP contribution is 2.39. The number of rotatable bonds is 1. The van der Waals surface area contributed by atoms with Gasteiger partial charge in [-0.1, -0.05) is 12.2 Å². The molecule has 3 rings (SSSR count). The largest absolute Gasteiger partial charge is 0.323 e. The number of aromatic nitrogens is 2. The van der Waals surface area contributed by atoms with Crippen molar-refractivity contribution in [2.45, 2.75) is 46.1 Å². The molecule has 0 N–H and O–H groups in total. The van der Waals surface area contributed by atoms with Crippen molar-refractivity contribution in [2.75, 3.05) is 4.90 Å². The van der Waals surface area contributed by atoms with Crippen LogP contribution in [-0.2, 0) is 0 Å². The van der Waals surface area contributed by atoms with Crippen LogP contribution < -0.4 is 4.90 Å². The third-order valence-electron chi connectivity index (χ3n) is 3.98. The maximum absolute atomic E-state index is 4.51. The Hall–Kier alpha value is -1.64. The molecule has 1 atom stereocenters. The summed E-state index contributed by atoms with van der Waals surface area (Å²) < 4.78 is 0. The van der Waals surface area contributed by atoms with Gasteiger partial charge in [0.1, 0.15) is 12.1 Å². The first-order chi connectivity index (χ1) is 8.68. The number of aryl methyl sites for hydroxylation is 1. The molecule has 18 heavy (non-hydrogen) atoms. The molecule has 0 aromatic carbocycles. The topological polar surface area (TPSA) is 29.0 Å². The fraction of sp³-hybridized carbons (Fsp3) is 0.467. The Bertz CT molecular complexity index is 543. The van der Waals surface area contributed by atoms with E-state index in [0.717, 1.165) is 24.4 Å². The van der Waals surface area contributed by atoms with Crippen LogP contribution in [0.25, 0.3) is 0 Å². The van der Waals surface area contributed by atoms with Gasteiger partial charge >= 0.3 is 0 Å². The molecule has 1 aromatic rings. The van der Waals surface area contributed by atoms with Gasteiger partial charge < -0.3 is 4.90 Å². The van der Waals surface area contributed by atoms with Crippen molar-refractivity contribution in [1.29, 1.82) is 0 Å². The predicted octanol–water partition coefficient (Wildman–Crippen LogP) is 3.30. The molecule has 1 aliphatic heterocycles. The van der Waals surface area contributed by atoms with Crippen molar-refractivity contribution in [2.24, 2.45) is 0 Å². The first kappa shape index (κ1) is 11.5. The summed E-state index contributed by atoms with van der Waals surface area (Å²) in [5.74, 6) is 1.08. The SMILES string of the molecule is Cc1ncnc(N2C3=CCCC=C3C[C@H]2C)c1C. The van der Waals surface area contributed by atoms with Gasteiger partial charge in [0.2, 0.25) is 0 Å². The second-order valence-corrected chi connectivity index (χ2v) is 5.23. The van der Waals surface area contributed by atoms with Crippen molar-refractivity contribution >= 4 is 5.82 Å². The minimum absolute atomic E-state index is 0.494. The van der Waals surface area contributed by atoms with Crippen LogP contribution in [0.5, 0.6) is 0 Å². The van der Waals surface area contributed by atoms with E-state index in [0.29, 0.717) is 6.04 Å². The van der Waals surface area contributed by atoms with Gasteiger partial charge in [0.15, 0.2) is 0 Å². The molecule has 0 spiro atoms. The van der Waals surface area contributed by atoms with E-state index < -0.39 is 0 Å². The zero-order valence-electron chi connectivity index (χ0n) is 11.3. The molecule has 2 aliphatic rings. The Morgan fingerprint density at radius 1 is 1.17 bits per heavy atom. The first-order valence-corrected chi connectivity index (χ1v) is 6.65. The summed E-state index contributed by atoms with van der Waals surface area (Å²) in [6, 6.07) is 0.494. The summed E-state index contributed by atoms with van der Waals surface area (Å²) in [5, 5.41) is 0. The summed E-state index contributed by atoms with van der Waals surface area (Å²) in [4.78, 5) is 11.2. The van der Waals surface area contributed by atoms with Gasteiger partial charge in [-0.3, -0.25) is 0 Å². The molecular formula is C15H19N3. The molecule has 3 heteroatoms. The van der Waals surface area contributed by atoms with Crippen molar-refractivity contribution < 1.29 is 0 Å². The van der Waals surface area contributed by atoms with Gasteiger partial charge in [0.05, 0.1) is 0 Å². The Morgan fingerprint density at radius 3 is 2.78 bits per heavy atom. The average molecular weight is 241 g/mol. The summed E-state index contributed by atoms with van der Waals surface area (Å²) in [6.07, 6.45) is 9.88. The summed E-state index contributed by atoms with van der Waals surface area (Å²) >= 11 is 0. The minimum Gasteiger partial charge on any atom is -0.323 e. The van der Waals surface area contributed by atoms with Crippen molar-refractivity contribution in [3.8, 4) is 0 Å². The van der Waals surface area contributed by atoms with Crippen LogP contribution in [-0.4, -0.2) is 16.0 Å². The van der Waals surface area contributed by atoms with Gasteiger partial charge in [-0.2, -0.15) is 0 Å². The van der Waals surface area contributed by atoms with E-state index in [2.05, 4.69) is 40.9 Å². The van der Waals surface area contributed by atoms with Crippen LogP contribution in [0, 0.1) is 13.8 Å². The van der Waals surface area contributed by atoms with Crippen LogP contribution in [0.15, 0.2) is 29.7 Å². The van der Waals surface area contributed by atoms with Gasteiger partial charge in [0, 0.05) is 23.0 Å². The van der Waals surface area contributed by atoms with Crippen molar-refractivity contribution in [3.63, 3.8) is 0 Å². The van der Waals surface area contributed by atoms with E-state index >= 15 is 0 Å². The van der Waals surface area contributed by atoms with Crippen molar-refractivity contribution in [1.82, 2.24) is 9.97 Å². The van der Waals surface area contributed by atoms with Gasteiger partial charge in [-0.25, -0.2) is 9.97 Å². The number of fused-ring (bicyclic) bond motifs is 1. The number of hydrogen-bond acceptors (Lipinski definition) is 3. The van der Waals surface area contributed by atoms with E-state index in [1.54, 1.807) is 6.33 Å². The number of hydrogen-bond donors (Lipinski definition) is 0. The lowest BCUT2D eigenvalue weighted by atomic mass is 10.0. The van der Waals surface area contributed by atoms with Crippen molar-refractivity contribution in [3.05, 3.63) is 41.0 Å². The van der Waals surface area contributed by atoms with Crippen LogP contribution >= 0.6 is 0 Å². The molecular weight excluding hydrogens is 222 g/mol. The van der Waals surface area contributed by atoms with Crippen LogP contribution in [0.4, 0.5) is 5.82 Å². The Kier molecular flexibility index (Phi) is 2.69. The highest BCUT2D eigenvalue weighted by atomic mass is 15.2. The van der Waals surface area contributed by atoms with Gasteiger partial charge in [-0.05, 0) is 45.6 Å². The molecule has 1 saturated heterocycles. The molecule has 0 radical (unpaired) electrons. The van der Waals surface area contributed by atoms with Crippen LogP contribution in [0.3, 0.4) is 0 Å². The van der Waals surface area contributed by atoms with Gasteiger partial charge in [-0.15, -0.1) is 0 Å². The highest BCUT2D eigenvalue weighted by molar-refractivity contribution is 5.62. The Labute approximate surface area is 108 Å². The van der Waals surface area contributed by atoms with E-state index in [1.807, 2.05) is 6.92 Å². The van der Waals surface area contributed by atoms with E-state index in [-0.39, 0.29) is 0 Å². The maximum atomic E-state index is 4.51. The molecule has 0 amide bonds. The molecule has 2 heterocycles. The summed E-state index contributed by atoms with van der Waals surface area (Å²) in [5.41, 5.74) is 5.12. The number of allylic oxidation sites excluding steroid dienone is 3. The lowest BCUT2D eigenvalue weighted by molar-refractivity contribution is 0.747. The molecule has 1 fully saturated rings. The Balaban J connectivity index is 2.08. The van der Waals surface area contributed by atoms with Gasteiger partial charge in [0.25, 0.3) is 0 Å².